The molecule has 0 radical (unpaired) electrons. The number of pyridine rings is 1. The van der Waals surface area contributed by atoms with E-state index < -0.39 is 11.8 Å². The highest BCUT2D eigenvalue weighted by Gasteiger charge is 2.41. The van der Waals surface area contributed by atoms with E-state index in [9.17, 15) is 14.0 Å². The van der Waals surface area contributed by atoms with Gasteiger partial charge in [0.05, 0.1) is 36.1 Å². The van der Waals surface area contributed by atoms with Gasteiger partial charge in [-0.3, -0.25) is 9.78 Å². The first-order valence-corrected chi connectivity index (χ1v) is 12.8. The second-order valence-corrected chi connectivity index (χ2v) is 9.33. The van der Waals surface area contributed by atoms with Gasteiger partial charge in [-0.25, -0.2) is 9.18 Å². The fourth-order valence-electron chi connectivity index (χ4n) is 4.74. The van der Waals surface area contributed by atoms with E-state index in [0.717, 1.165) is 17.1 Å². The van der Waals surface area contributed by atoms with E-state index in [2.05, 4.69) is 15.6 Å². The summed E-state index contributed by atoms with van der Waals surface area (Å²) in [6.07, 6.45) is 3.71. The maximum atomic E-state index is 14.1. The Kier molecular flexibility index (Phi) is 7.64. The Morgan fingerprint density at radius 2 is 1.90 bits per heavy atom. The van der Waals surface area contributed by atoms with E-state index in [1.807, 2.05) is 52.1 Å². The van der Waals surface area contributed by atoms with E-state index in [0.29, 0.717) is 10.7 Å². The Morgan fingerprint density at radius 3 is 2.67 bits per heavy atom. The molecule has 39 heavy (non-hydrogen) atoms. The monoisotopic (exact) mass is 543 g/mol. The van der Waals surface area contributed by atoms with E-state index >= 15 is 0 Å². The van der Waals surface area contributed by atoms with Crippen molar-refractivity contribution >= 4 is 34.9 Å². The number of hydrogen-bond donors (Lipinski definition) is 2. The van der Waals surface area contributed by atoms with Crippen molar-refractivity contribution in [3.8, 4) is 5.69 Å². The molecule has 8 nitrogen and oxygen atoms in total. The van der Waals surface area contributed by atoms with Crippen molar-refractivity contribution in [2.75, 3.05) is 19.0 Å². The number of benzene rings is 2. The van der Waals surface area contributed by atoms with Gasteiger partial charge < -0.3 is 24.8 Å². The van der Waals surface area contributed by atoms with Crippen LogP contribution in [0.1, 0.15) is 40.3 Å². The molecule has 0 bridgehead atoms. The molecule has 1 aliphatic heterocycles. The predicted molar refractivity (Wildman–Crippen MR) is 149 cm³/mol. The smallest absolute Gasteiger partial charge is 0.337 e. The molecular weight excluding hydrogens is 517 g/mol. The summed E-state index contributed by atoms with van der Waals surface area (Å²) in [6.45, 7) is 0.285. The van der Waals surface area contributed by atoms with Gasteiger partial charge in [0.1, 0.15) is 5.82 Å². The number of nitrogens with zero attached hydrogens (tertiary/aromatic N) is 3. The summed E-state index contributed by atoms with van der Waals surface area (Å²) in [7, 11) is 1.35. The van der Waals surface area contributed by atoms with Crippen LogP contribution in [0, 0.1) is 5.82 Å². The van der Waals surface area contributed by atoms with Crippen LogP contribution in [0.2, 0.25) is 0 Å². The zero-order valence-corrected chi connectivity index (χ0v) is 21.9. The van der Waals surface area contributed by atoms with Gasteiger partial charge >= 0.3 is 5.97 Å². The van der Waals surface area contributed by atoms with Crippen LogP contribution >= 0.6 is 12.2 Å². The third-order valence-electron chi connectivity index (χ3n) is 6.55. The second-order valence-electron chi connectivity index (χ2n) is 8.94. The molecule has 10 heteroatoms. The van der Waals surface area contributed by atoms with Gasteiger partial charge in [0.2, 0.25) is 5.91 Å². The van der Waals surface area contributed by atoms with Crippen molar-refractivity contribution in [1.29, 1.82) is 0 Å². The third-order valence-corrected chi connectivity index (χ3v) is 6.91. The average molecular weight is 544 g/mol. The molecule has 5 rings (SSSR count). The maximum absolute atomic E-state index is 14.1. The Balaban J connectivity index is 1.46. The lowest BCUT2D eigenvalue weighted by Crippen LogP contribution is -2.33. The first-order valence-electron chi connectivity index (χ1n) is 12.3. The number of thiocarbonyl (C=S) groups is 1. The molecule has 2 aromatic carbocycles. The van der Waals surface area contributed by atoms with Gasteiger partial charge in [-0.15, -0.1) is 0 Å². The minimum atomic E-state index is -0.496. The Morgan fingerprint density at radius 1 is 1.08 bits per heavy atom. The van der Waals surface area contributed by atoms with Crippen LogP contribution in [-0.4, -0.2) is 45.1 Å². The summed E-state index contributed by atoms with van der Waals surface area (Å²) in [5.41, 5.74) is 3.01. The lowest BCUT2D eigenvalue weighted by molar-refractivity contribution is -0.116. The van der Waals surface area contributed by atoms with Gasteiger partial charge in [0, 0.05) is 36.7 Å². The van der Waals surface area contributed by atoms with Gasteiger partial charge in [0.25, 0.3) is 0 Å². The predicted octanol–water partition coefficient (Wildman–Crippen LogP) is 4.80. The summed E-state index contributed by atoms with van der Waals surface area (Å²) >= 11 is 5.73. The fourth-order valence-corrected chi connectivity index (χ4v) is 5.07. The van der Waals surface area contributed by atoms with Crippen LogP contribution in [0.25, 0.3) is 5.69 Å². The molecule has 2 atom stereocenters. The van der Waals surface area contributed by atoms with Crippen LogP contribution in [-0.2, 0) is 9.53 Å². The zero-order chi connectivity index (χ0) is 27.4. The van der Waals surface area contributed by atoms with Crippen molar-refractivity contribution in [3.05, 3.63) is 114 Å². The number of rotatable bonds is 8. The largest absolute Gasteiger partial charge is 0.465 e. The molecule has 4 aromatic rings. The van der Waals surface area contributed by atoms with E-state index in [1.165, 1.54) is 19.2 Å². The number of carbonyl (C=O) groups is 2. The van der Waals surface area contributed by atoms with E-state index in [1.54, 1.807) is 36.5 Å². The fraction of sp³-hybridized carbons (Fsp3) is 0.172. The number of nitrogens with one attached hydrogen (secondary N) is 2. The highest BCUT2D eigenvalue weighted by Crippen LogP contribution is 2.39. The number of esters is 1. The molecule has 2 aromatic heterocycles. The lowest BCUT2D eigenvalue weighted by Gasteiger charge is -2.29. The number of para-hydroxylation sites is 1. The summed E-state index contributed by atoms with van der Waals surface area (Å²) < 4.78 is 20.9. The molecule has 1 aliphatic rings. The molecule has 0 spiro atoms. The Bertz CT molecular complexity index is 1510. The van der Waals surface area contributed by atoms with Crippen molar-refractivity contribution in [2.24, 2.45) is 0 Å². The van der Waals surface area contributed by atoms with Crippen molar-refractivity contribution < 1.29 is 18.7 Å². The summed E-state index contributed by atoms with van der Waals surface area (Å²) in [6, 6.07) is 22.1. The van der Waals surface area contributed by atoms with Crippen LogP contribution in [0.3, 0.4) is 0 Å². The number of aromatic nitrogens is 2. The highest BCUT2D eigenvalue weighted by molar-refractivity contribution is 7.80. The van der Waals surface area contributed by atoms with Crippen molar-refractivity contribution in [2.45, 2.75) is 18.5 Å². The van der Waals surface area contributed by atoms with Crippen LogP contribution in [0.5, 0.6) is 0 Å². The third kappa shape index (κ3) is 5.51. The highest BCUT2D eigenvalue weighted by atomic mass is 32.1. The van der Waals surface area contributed by atoms with Crippen LogP contribution < -0.4 is 10.6 Å². The van der Waals surface area contributed by atoms with Gasteiger partial charge in [-0.1, -0.05) is 24.3 Å². The summed E-state index contributed by atoms with van der Waals surface area (Å²) in [5.74, 6) is -1.25. The summed E-state index contributed by atoms with van der Waals surface area (Å²) in [5, 5.41) is 6.49. The Hall–Kier alpha value is -4.57. The number of halogens is 1. The number of anilines is 1. The minimum Gasteiger partial charge on any atom is -0.465 e. The first-order chi connectivity index (χ1) is 19.0. The van der Waals surface area contributed by atoms with E-state index in [4.69, 9.17) is 17.0 Å². The van der Waals surface area contributed by atoms with E-state index in [-0.39, 0.29) is 36.6 Å². The molecule has 198 valence electrons. The number of ether oxygens (including phenoxy) is 1. The topological polar surface area (TPSA) is 88.5 Å². The SMILES string of the molecule is COC(=O)c1cccc(-n2cccc2[C@@H]2[C@H](c3ccccn3)NC(=S)N2CCC(=O)Nc2ccccc2F)c1. The Labute approximate surface area is 230 Å². The molecular formula is C29H26FN5O3S. The molecule has 0 unspecified atom stereocenters. The van der Waals surface area contributed by atoms with Gasteiger partial charge in [-0.05, 0) is 66.8 Å². The summed E-state index contributed by atoms with van der Waals surface area (Å²) in [4.78, 5) is 31.4. The van der Waals surface area contributed by atoms with Crippen LogP contribution in [0.15, 0.2) is 91.3 Å². The molecule has 1 saturated heterocycles. The zero-order valence-electron chi connectivity index (χ0n) is 21.1. The van der Waals surface area contributed by atoms with Gasteiger partial charge in [-0.2, -0.15) is 0 Å². The normalized spacial score (nSPS) is 16.6. The quantitative estimate of drug-likeness (QED) is 0.244. The molecule has 2 N–H and O–H groups in total. The average Bonchev–Trinajstić information content (AvgIpc) is 3.57. The first kappa shape index (κ1) is 26.1. The molecule has 1 fully saturated rings. The number of methoxy groups -OCH3 is 1. The van der Waals surface area contributed by atoms with Crippen molar-refractivity contribution in [3.63, 3.8) is 0 Å². The maximum Gasteiger partial charge on any atom is 0.337 e. The molecule has 1 amide bonds. The molecule has 0 saturated carbocycles. The number of amides is 1. The second kappa shape index (κ2) is 11.4. The van der Waals surface area contributed by atoms with Crippen LogP contribution in [0.4, 0.5) is 10.1 Å². The number of hydrogen-bond acceptors (Lipinski definition) is 5. The van der Waals surface area contributed by atoms with Gasteiger partial charge in [0.15, 0.2) is 5.11 Å². The molecule has 0 aliphatic carbocycles. The van der Waals surface area contributed by atoms with Crippen molar-refractivity contribution in [1.82, 2.24) is 19.8 Å². The number of carbonyl (C=O) groups excluding carboxylic acids is 2. The molecule has 3 heterocycles. The standard InChI is InChI=1S/C29H26FN5O3S/c1-38-28(37)19-8-6-9-20(18-19)34-16-7-13-24(34)27-26(23-12-4-5-15-31-23)33-29(39)35(27)17-14-25(36)32-22-11-3-2-10-21(22)30/h2-13,15-16,18,26-27H,14,17H2,1H3,(H,32,36)(H,33,39)/t26-,27+/m0/s1. The lowest BCUT2D eigenvalue weighted by atomic mass is 10.0. The minimum absolute atomic E-state index is 0.0835.